The predicted octanol–water partition coefficient (Wildman–Crippen LogP) is 2.84. The Morgan fingerprint density at radius 2 is 1.55 bits per heavy atom. The molecule has 0 aliphatic rings. The fraction of sp³-hybridized carbons (Fsp3) is 0.500. The number of hydrogen-bond donors (Lipinski definition) is 2. The second-order valence-electron chi connectivity index (χ2n) is 5.28. The first-order chi connectivity index (χ1) is 9.16. The highest BCUT2D eigenvalue weighted by Gasteiger charge is 2.21. The van der Waals surface area contributed by atoms with Crippen LogP contribution in [0.1, 0.15) is 37.5 Å². The summed E-state index contributed by atoms with van der Waals surface area (Å²) in [5.41, 5.74) is 4.18. The Hall–Kier alpha value is -1.84. The number of carbonyl (C=O) groups is 2. The monoisotopic (exact) mass is 279 g/mol. The van der Waals surface area contributed by atoms with Gasteiger partial charge in [0.05, 0.1) is 0 Å². The highest BCUT2D eigenvalue weighted by atomic mass is 16.4. The molecule has 1 aromatic rings. The molecule has 4 nitrogen and oxygen atoms in total. The molecule has 0 heterocycles. The molecule has 1 rings (SSSR count). The van der Waals surface area contributed by atoms with Crippen LogP contribution < -0.4 is 5.32 Å². The molecule has 20 heavy (non-hydrogen) atoms. The minimum atomic E-state index is -0.991. The van der Waals surface area contributed by atoms with E-state index in [-0.39, 0.29) is 11.8 Å². The van der Waals surface area contributed by atoms with E-state index in [0.29, 0.717) is 0 Å². The number of benzene rings is 1. The molecule has 0 radical (unpaired) electrons. The van der Waals surface area contributed by atoms with E-state index < -0.39 is 12.0 Å². The molecule has 0 saturated carbocycles. The van der Waals surface area contributed by atoms with Crippen LogP contribution in [0.15, 0.2) is 18.2 Å². The van der Waals surface area contributed by atoms with E-state index in [0.717, 1.165) is 0 Å². The fourth-order valence-electron chi connectivity index (χ4n) is 1.63. The van der Waals surface area contributed by atoms with Crippen molar-refractivity contribution in [3.05, 3.63) is 34.9 Å². The Morgan fingerprint density at radius 1 is 1.10 bits per heavy atom. The quantitative estimate of drug-likeness (QED) is 0.894. The normalized spacial score (nSPS) is 11.3. The summed E-state index contributed by atoms with van der Waals surface area (Å²) in [5, 5.41) is 10.9. The van der Waals surface area contributed by atoms with Crippen molar-refractivity contribution in [1.29, 1.82) is 0 Å². The summed E-state index contributed by atoms with van der Waals surface area (Å²) in [6, 6.07) is 5.61. The number of rotatable bonds is 3. The molecule has 1 aromatic carbocycles. The number of carbonyl (C=O) groups excluding carboxylic acids is 1. The number of amides is 1. The molecule has 2 N–H and O–H groups in total. The lowest BCUT2D eigenvalue weighted by atomic mass is 10.1. The molecule has 0 aliphatic carbocycles. The number of carboxylic acids is 1. The van der Waals surface area contributed by atoms with Gasteiger partial charge in [-0.3, -0.25) is 4.79 Å². The van der Waals surface area contributed by atoms with Crippen molar-refractivity contribution in [2.75, 3.05) is 0 Å². The van der Waals surface area contributed by atoms with Gasteiger partial charge < -0.3 is 10.4 Å². The number of aryl methyl sites for hydroxylation is 2. The maximum Gasteiger partial charge on any atom is 0.326 e. The van der Waals surface area contributed by atoms with Crippen LogP contribution in [-0.2, 0) is 9.59 Å². The van der Waals surface area contributed by atoms with Gasteiger partial charge in [-0.1, -0.05) is 32.0 Å². The Balaban J connectivity index is 0.000000367. The van der Waals surface area contributed by atoms with Crippen molar-refractivity contribution in [3.63, 3.8) is 0 Å². The van der Waals surface area contributed by atoms with E-state index in [2.05, 4.69) is 44.3 Å². The van der Waals surface area contributed by atoms with Crippen LogP contribution in [-0.4, -0.2) is 23.0 Å². The van der Waals surface area contributed by atoms with Crippen LogP contribution in [0.2, 0.25) is 0 Å². The maximum atomic E-state index is 10.5. The summed E-state index contributed by atoms with van der Waals surface area (Å²) in [5.74, 6) is -1.39. The number of hydrogen-bond acceptors (Lipinski definition) is 2. The molecule has 0 saturated heterocycles. The number of carboxylic acid groups (broad SMARTS) is 1. The van der Waals surface area contributed by atoms with Gasteiger partial charge in [-0.15, -0.1) is 0 Å². The lowest BCUT2D eigenvalue weighted by Crippen LogP contribution is -2.43. The smallest absolute Gasteiger partial charge is 0.326 e. The van der Waals surface area contributed by atoms with Crippen LogP contribution in [0.5, 0.6) is 0 Å². The zero-order valence-electron chi connectivity index (χ0n) is 13.2. The molecule has 0 bridgehead atoms. The largest absolute Gasteiger partial charge is 0.480 e. The van der Waals surface area contributed by atoms with Crippen molar-refractivity contribution >= 4 is 11.9 Å². The van der Waals surface area contributed by atoms with Crippen molar-refractivity contribution in [2.45, 2.75) is 47.6 Å². The van der Waals surface area contributed by atoms with Gasteiger partial charge in [0.25, 0.3) is 0 Å². The Morgan fingerprint density at radius 3 is 1.75 bits per heavy atom. The molecule has 4 heteroatoms. The van der Waals surface area contributed by atoms with Crippen molar-refractivity contribution < 1.29 is 14.7 Å². The second-order valence-corrected chi connectivity index (χ2v) is 5.28. The van der Waals surface area contributed by atoms with E-state index in [9.17, 15) is 9.59 Å². The van der Waals surface area contributed by atoms with Gasteiger partial charge in [0, 0.05) is 6.92 Å². The summed E-state index contributed by atoms with van der Waals surface area (Å²) in [6.07, 6.45) is 0. The molecule has 1 amide bonds. The van der Waals surface area contributed by atoms with Gasteiger partial charge in [0.15, 0.2) is 0 Å². The summed E-state index contributed by atoms with van der Waals surface area (Å²) >= 11 is 0. The van der Waals surface area contributed by atoms with Crippen LogP contribution >= 0.6 is 0 Å². The standard InChI is InChI=1S/C9H12.C7H13NO3/c1-7-5-4-6-8(2)9(7)3;1-4(2)6(7(10)11)8-5(3)9/h4-6H,1-3H3;4,6H,1-3H3,(H,8,9)(H,10,11). The van der Waals surface area contributed by atoms with Crippen molar-refractivity contribution in [3.8, 4) is 0 Å². The van der Waals surface area contributed by atoms with E-state index in [1.165, 1.54) is 23.6 Å². The Kier molecular flexibility index (Phi) is 7.59. The van der Waals surface area contributed by atoms with Crippen molar-refractivity contribution in [1.82, 2.24) is 5.32 Å². The van der Waals surface area contributed by atoms with E-state index >= 15 is 0 Å². The van der Waals surface area contributed by atoms with E-state index in [1.807, 2.05) is 0 Å². The van der Waals surface area contributed by atoms with Crippen LogP contribution in [0.25, 0.3) is 0 Å². The topological polar surface area (TPSA) is 66.4 Å². The molecule has 112 valence electrons. The summed E-state index contributed by atoms with van der Waals surface area (Å²) < 4.78 is 0. The van der Waals surface area contributed by atoms with E-state index in [1.54, 1.807) is 13.8 Å². The first-order valence-electron chi connectivity index (χ1n) is 6.69. The molecule has 1 atom stereocenters. The molecule has 0 aromatic heterocycles. The van der Waals surface area contributed by atoms with Crippen LogP contribution in [0.3, 0.4) is 0 Å². The molecule has 1 unspecified atom stereocenters. The van der Waals surface area contributed by atoms with Crippen molar-refractivity contribution in [2.24, 2.45) is 5.92 Å². The molecular weight excluding hydrogens is 254 g/mol. The van der Waals surface area contributed by atoms with E-state index in [4.69, 9.17) is 5.11 Å². The maximum absolute atomic E-state index is 10.5. The highest BCUT2D eigenvalue weighted by Crippen LogP contribution is 2.09. The zero-order chi connectivity index (χ0) is 15.9. The van der Waals surface area contributed by atoms with Gasteiger partial charge in [-0.05, 0) is 43.4 Å². The van der Waals surface area contributed by atoms with Gasteiger partial charge in [0.1, 0.15) is 6.04 Å². The average Bonchev–Trinajstić information content (AvgIpc) is 2.33. The lowest BCUT2D eigenvalue weighted by molar-refractivity contribution is -0.142. The molecule has 0 aliphatic heterocycles. The van der Waals surface area contributed by atoms with Gasteiger partial charge >= 0.3 is 5.97 Å². The van der Waals surface area contributed by atoms with Gasteiger partial charge in [0.2, 0.25) is 5.91 Å². The summed E-state index contributed by atoms with van der Waals surface area (Å²) in [6.45, 7) is 11.2. The molecule has 0 spiro atoms. The lowest BCUT2D eigenvalue weighted by Gasteiger charge is -2.16. The first kappa shape index (κ1) is 18.2. The third-order valence-corrected chi connectivity index (χ3v) is 3.17. The number of aliphatic carboxylic acids is 1. The van der Waals surface area contributed by atoms with Crippen LogP contribution in [0, 0.1) is 26.7 Å². The zero-order valence-corrected chi connectivity index (χ0v) is 13.2. The first-order valence-corrected chi connectivity index (χ1v) is 6.69. The van der Waals surface area contributed by atoms with Gasteiger partial charge in [-0.2, -0.15) is 0 Å². The third-order valence-electron chi connectivity index (χ3n) is 3.17. The minimum Gasteiger partial charge on any atom is -0.480 e. The summed E-state index contributed by atoms with van der Waals surface area (Å²) in [7, 11) is 0. The fourth-order valence-corrected chi connectivity index (χ4v) is 1.63. The average molecular weight is 279 g/mol. The minimum absolute atomic E-state index is 0.0867. The Bertz CT molecular complexity index is 447. The highest BCUT2D eigenvalue weighted by molar-refractivity contribution is 5.82. The van der Waals surface area contributed by atoms with Crippen LogP contribution in [0.4, 0.5) is 0 Å². The van der Waals surface area contributed by atoms with Gasteiger partial charge in [-0.25, -0.2) is 4.79 Å². The molecular formula is C16H25NO3. The SMILES string of the molecule is CC(=O)NC(C(=O)O)C(C)C.Cc1cccc(C)c1C. The summed E-state index contributed by atoms with van der Waals surface area (Å²) in [4.78, 5) is 21.0. The molecule has 0 fully saturated rings. The predicted molar refractivity (Wildman–Crippen MR) is 80.7 cm³/mol. The Labute approximate surface area is 121 Å². The second kappa shape index (κ2) is 8.35. The third kappa shape index (κ3) is 6.36. The number of nitrogens with one attached hydrogen (secondary N) is 1.